The molecule has 3 spiro atoms. The van der Waals surface area contributed by atoms with E-state index in [0.29, 0.717) is 114 Å². The average Bonchev–Trinajstić information content (AvgIpc) is 1.49. The molecule has 536 valence electrons. The van der Waals surface area contributed by atoms with Crippen LogP contribution in [0.3, 0.4) is 0 Å². The second kappa shape index (κ2) is 25.6. The molecular formula is C67H67Cl6N15O14. The number of esters is 1. The van der Waals surface area contributed by atoms with Gasteiger partial charge in [0.15, 0.2) is 47.5 Å². The zero-order valence-electron chi connectivity index (χ0n) is 55.2. The first-order valence-electron chi connectivity index (χ1n) is 33.3. The molecule has 102 heavy (non-hydrogen) atoms. The van der Waals surface area contributed by atoms with Crippen LogP contribution in [0, 0.1) is 5.92 Å². The third-order valence-corrected chi connectivity index (χ3v) is 22.1. The molecule has 19 rings (SSSR count). The van der Waals surface area contributed by atoms with Crippen molar-refractivity contribution >= 4 is 126 Å². The van der Waals surface area contributed by atoms with Gasteiger partial charge in [-0.1, -0.05) is 66.8 Å². The van der Waals surface area contributed by atoms with Gasteiger partial charge in [-0.15, -0.1) is 0 Å². The van der Waals surface area contributed by atoms with E-state index in [0.717, 1.165) is 50.6 Å². The SMILES string of the molecule is CC1(C)O[C@@H]2[C@H](O1)[C@@H](CO)O[C@H]2n1ncc2c(N3CC4(C3)OCc3cc(Cl)ccc34)nc(Cl)nc21.CC[C@H]1O[C@@H](n2ncc3c(N4CC5(C4)OCc4cc(Cl)ccc45)nc(Cl)nc32)[C@H](OC(C)=O)[C@@H]1C.OC[C@H]1O[C@@H](n2ncc3c(N4CC5(C4)OCc4cc(Cl)ccc45)nc(Cl)nc32)[C@H](O)[C@@H]1O. The Morgan fingerprint density at radius 2 is 0.912 bits per heavy atom. The first-order chi connectivity index (χ1) is 49.0. The molecule has 3 aromatic carbocycles. The van der Waals surface area contributed by atoms with Gasteiger partial charge in [-0.05, 0) is 125 Å². The van der Waals surface area contributed by atoms with Gasteiger partial charge in [0.25, 0.3) is 0 Å². The zero-order valence-corrected chi connectivity index (χ0v) is 59.7. The number of hydrogen-bond donors (Lipinski definition) is 4. The molecule has 35 heteroatoms. The van der Waals surface area contributed by atoms with E-state index in [1.54, 1.807) is 28.0 Å². The van der Waals surface area contributed by atoms with Crippen molar-refractivity contribution in [2.45, 2.75) is 151 Å². The number of ether oxygens (including phenoxy) is 9. The van der Waals surface area contributed by atoms with Crippen LogP contribution in [0.15, 0.2) is 73.2 Å². The number of carbonyl (C=O) groups excluding carboxylic acids is 1. The standard InChI is InChI=1S/C24H25Cl2N5O4.C23H23Cl2N5O5.C20H19Cl2N5O5/c1-4-18-12(2)19(34-13(3)32)22(35-18)31-21-16(8-27-31)20(28-23(26)29-21)30-10-24(11-30)17-6-5-15(25)7-14(17)9-33-24;1-22(2)34-16-15(7-31)33-20(17(16)35-22)30-19-13(6-26-30)18(27-21(25)28-19)29-9-23(10-29)14-4-3-12(24)5-11(14)8-32-23;21-10-1-2-12-9(3-10)6-31-20(12)7-26(8-20)16-11-4-23-27(17(11)25-19(22)24-16)18-15(30)14(29)13(5-28)32-18/h5-8,12,18-19,22H,4,9-11H2,1-3H3;3-6,15-17,20,31H,7-10H2,1-2H3;1-4,13-15,18,28-30H,5-8H2/t12-,18-,19-,22-;15-,16-,17-,20-;13-,14-,15-,18-/m111/s1. The third kappa shape index (κ3) is 11.3. The number of rotatable bonds is 10. The number of halogens is 6. The molecule has 16 heterocycles. The first kappa shape index (κ1) is 68.5. The number of nitrogens with zero attached hydrogens (tertiary/aromatic N) is 15. The van der Waals surface area contributed by atoms with E-state index in [1.807, 2.05) is 87.2 Å². The summed E-state index contributed by atoms with van der Waals surface area (Å²) in [5.74, 6) is 0.813. The summed E-state index contributed by atoms with van der Waals surface area (Å²) < 4.78 is 58.9. The van der Waals surface area contributed by atoms with E-state index in [4.69, 9.17) is 112 Å². The summed E-state index contributed by atoms with van der Waals surface area (Å²) in [7, 11) is 0. The van der Waals surface area contributed by atoms with Gasteiger partial charge in [0.1, 0.15) is 70.9 Å². The van der Waals surface area contributed by atoms with Crippen molar-refractivity contribution in [1.29, 1.82) is 0 Å². The van der Waals surface area contributed by atoms with Crippen LogP contribution in [-0.4, -0.2) is 193 Å². The predicted octanol–water partition coefficient (Wildman–Crippen LogP) is 8.03. The fourth-order valence-corrected chi connectivity index (χ4v) is 17.2. The fourth-order valence-electron chi connectivity index (χ4n) is 16.1. The van der Waals surface area contributed by atoms with E-state index in [2.05, 4.69) is 55.0 Å². The predicted molar refractivity (Wildman–Crippen MR) is 368 cm³/mol. The Hall–Kier alpha value is -6.56. The topological polar surface area (TPSA) is 322 Å². The number of aliphatic hydroxyl groups excluding tert-OH is 4. The second-order valence-corrected chi connectivity index (χ2v) is 30.0. The summed E-state index contributed by atoms with van der Waals surface area (Å²) in [6.07, 6.45) is -1.87. The normalized spacial score (nSPS) is 28.5. The van der Waals surface area contributed by atoms with Crippen molar-refractivity contribution in [1.82, 2.24) is 59.2 Å². The number of hydrogen-bond acceptors (Lipinski definition) is 26. The van der Waals surface area contributed by atoms with Crippen LogP contribution in [-0.2, 0) is 84.1 Å². The number of carbonyl (C=O) groups is 1. The van der Waals surface area contributed by atoms with Crippen molar-refractivity contribution in [3.8, 4) is 0 Å². The Labute approximate surface area is 611 Å². The third-order valence-electron chi connectivity index (χ3n) is 20.9. The number of anilines is 3. The molecule has 10 aliphatic rings. The quantitative estimate of drug-likeness (QED) is 0.0743. The number of aliphatic hydroxyl groups is 4. The fraction of sp³-hybridized carbons (Fsp3) is 0.493. The Morgan fingerprint density at radius 3 is 1.30 bits per heavy atom. The lowest BCUT2D eigenvalue weighted by Gasteiger charge is -2.48. The molecule has 0 radical (unpaired) electrons. The summed E-state index contributed by atoms with van der Waals surface area (Å²) in [4.78, 5) is 44.7. The molecule has 29 nitrogen and oxygen atoms in total. The first-order valence-corrected chi connectivity index (χ1v) is 35.6. The lowest BCUT2D eigenvalue weighted by Crippen LogP contribution is -2.59. The minimum atomic E-state index is -1.28. The summed E-state index contributed by atoms with van der Waals surface area (Å²) in [5.41, 5.74) is 6.96. The second-order valence-electron chi connectivity index (χ2n) is 27.7. The minimum absolute atomic E-state index is 0.00765. The van der Waals surface area contributed by atoms with Crippen LogP contribution >= 0.6 is 69.6 Å². The largest absolute Gasteiger partial charge is 0.457 e. The Kier molecular flexibility index (Phi) is 17.2. The van der Waals surface area contributed by atoms with Gasteiger partial charge < -0.3 is 77.8 Å². The van der Waals surface area contributed by atoms with Gasteiger partial charge in [-0.2, -0.15) is 45.2 Å². The molecule has 0 unspecified atom stereocenters. The van der Waals surface area contributed by atoms with E-state index in [9.17, 15) is 25.2 Å². The smallest absolute Gasteiger partial charge is 0.303 e. The molecule has 6 aromatic heterocycles. The maximum absolute atomic E-state index is 11.8. The van der Waals surface area contributed by atoms with Gasteiger partial charge in [-0.25, -0.2) is 14.0 Å². The highest BCUT2D eigenvalue weighted by Gasteiger charge is 2.58. The highest BCUT2D eigenvalue weighted by Crippen LogP contribution is 2.52. The van der Waals surface area contributed by atoms with Crippen LogP contribution in [0.2, 0.25) is 30.9 Å². The Bertz CT molecular complexity index is 4820. The summed E-state index contributed by atoms with van der Waals surface area (Å²) in [6.45, 7) is 13.7. The van der Waals surface area contributed by atoms with Crippen molar-refractivity contribution in [3.63, 3.8) is 0 Å². The van der Waals surface area contributed by atoms with E-state index < -0.39 is 90.6 Å². The number of benzene rings is 3. The van der Waals surface area contributed by atoms with Crippen LogP contribution in [0.1, 0.15) is 93.1 Å². The Balaban J connectivity index is 0.000000114. The molecule has 0 aliphatic carbocycles. The molecule has 10 aliphatic heterocycles. The maximum Gasteiger partial charge on any atom is 0.303 e. The van der Waals surface area contributed by atoms with Gasteiger partial charge in [0.05, 0.1) is 113 Å². The van der Waals surface area contributed by atoms with Crippen LogP contribution < -0.4 is 14.7 Å². The Morgan fingerprint density at radius 1 is 0.529 bits per heavy atom. The molecule has 0 bridgehead atoms. The maximum atomic E-state index is 11.8. The highest BCUT2D eigenvalue weighted by atomic mass is 35.5. The van der Waals surface area contributed by atoms with Crippen molar-refractivity contribution in [2.75, 3.05) is 67.2 Å². The summed E-state index contributed by atoms with van der Waals surface area (Å²) >= 11 is 37.4. The molecule has 7 saturated heterocycles. The number of fused-ring (bicyclic) bond motifs is 10. The summed E-state index contributed by atoms with van der Waals surface area (Å²) in [6, 6.07) is 17.6. The van der Waals surface area contributed by atoms with Crippen LogP contribution in [0.4, 0.5) is 17.5 Å². The van der Waals surface area contributed by atoms with Gasteiger partial charge in [0.2, 0.25) is 15.9 Å². The number of aromatic nitrogens is 12. The van der Waals surface area contributed by atoms with Crippen LogP contribution in [0.5, 0.6) is 0 Å². The average molecular weight is 1520 g/mol. The van der Waals surface area contributed by atoms with Gasteiger partial charge in [-0.3, -0.25) is 4.79 Å². The summed E-state index contributed by atoms with van der Waals surface area (Å²) in [5, 5.41) is 57.6. The van der Waals surface area contributed by atoms with Crippen molar-refractivity contribution in [2.24, 2.45) is 5.92 Å². The van der Waals surface area contributed by atoms with Gasteiger partial charge in [0, 0.05) is 27.9 Å². The van der Waals surface area contributed by atoms with Crippen LogP contribution in [0.25, 0.3) is 33.1 Å². The van der Waals surface area contributed by atoms with E-state index >= 15 is 0 Å². The molecule has 7 fully saturated rings. The molecular weight excluding hydrogens is 1450 g/mol. The zero-order chi connectivity index (χ0) is 70.8. The molecule has 9 aromatic rings. The minimum Gasteiger partial charge on any atom is -0.457 e. The molecule has 0 saturated carbocycles. The monoisotopic (exact) mass is 1520 g/mol. The lowest BCUT2D eigenvalue weighted by molar-refractivity contribution is -0.201. The molecule has 0 amide bonds. The molecule has 4 N–H and O–H groups in total. The van der Waals surface area contributed by atoms with E-state index in [1.165, 1.54) is 11.6 Å². The van der Waals surface area contributed by atoms with Crippen molar-refractivity contribution in [3.05, 3.63) is 137 Å². The van der Waals surface area contributed by atoms with E-state index in [-0.39, 0.29) is 40.4 Å². The van der Waals surface area contributed by atoms with Gasteiger partial charge >= 0.3 is 5.97 Å². The van der Waals surface area contributed by atoms with Crippen molar-refractivity contribution < 1.29 is 67.9 Å². The highest BCUT2D eigenvalue weighted by molar-refractivity contribution is 6.31. The molecule has 12 atom stereocenters. The lowest BCUT2D eigenvalue weighted by atomic mass is 9.85.